The molecular weight excluding hydrogens is 422 g/mol. The maximum Gasteiger partial charge on any atom is 0.338 e. The lowest BCUT2D eigenvalue weighted by atomic mass is 9.95. The minimum atomic E-state index is -0.365. The highest BCUT2D eigenvalue weighted by atomic mass is 79.9. The first-order chi connectivity index (χ1) is 13.6. The highest BCUT2D eigenvalue weighted by Crippen LogP contribution is 2.40. The molecule has 0 amide bonds. The number of allylic oxidation sites excluding steroid dienone is 1. The second-order valence-electron chi connectivity index (χ2n) is 6.54. The van der Waals surface area contributed by atoms with Crippen molar-refractivity contribution in [3.8, 4) is 0 Å². The van der Waals surface area contributed by atoms with Crippen LogP contribution in [0, 0.1) is 0 Å². The molecule has 7 heteroatoms. The topological polar surface area (TPSA) is 65.4 Å². The molecule has 144 valence electrons. The number of para-hydroxylation sites is 2. The predicted octanol–water partition coefficient (Wildman–Crippen LogP) is 4.28. The third-order valence-corrected chi connectivity index (χ3v) is 5.23. The van der Waals surface area contributed by atoms with E-state index in [2.05, 4.69) is 25.8 Å². The maximum absolute atomic E-state index is 13.0. The van der Waals surface area contributed by atoms with E-state index in [9.17, 15) is 4.79 Å². The summed E-state index contributed by atoms with van der Waals surface area (Å²) >= 11 is 3.54. The number of fused-ring (bicyclic) bond motifs is 3. The molecule has 0 fully saturated rings. The number of nitrogens with zero attached hydrogens (tertiary/aromatic N) is 2. The van der Waals surface area contributed by atoms with Gasteiger partial charge in [0.2, 0.25) is 5.95 Å². The molecule has 1 aliphatic rings. The lowest BCUT2D eigenvalue weighted by molar-refractivity contribution is -0.140. The summed E-state index contributed by atoms with van der Waals surface area (Å²) in [7, 11) is 1.58. The Balaban J connectivity index is 1.88. The number of esters is 1. The number of halogens is 1. The SMILES string of the molecule is COCCOC(=O)C1=C(C)Nc2nc3ccccc3n2[C@@H]1c1cccc(Br)c1. The first kappa shape index (κ1) is 18.7. The highest BCUT2D eigenvalue weighted by Gasteiger charge is 2.35. The van der Waals surface area contributed by atoms with E-state index in [0.717, 1.165) is 26.8 Å². The van der Waals surface area contributed by atoms with Gasteiger partial charge in [-0.1, -0.05) is 40.2 Å². The number of imidazole rings is 1. The van der Waals surface area contributed by atoms with Gasteiger partial charge in [-0.05, 0) is 36.8 Å². The fraction of sp³-hybridized carbons (Fsp3) is 0.238. The van der Waals surface area contributed by atoms with Gasteiger partial charge in [0.15, 0.2) is 0 Å². The van der Waals surface area contributed by atoms with Crippen LogP contribution in [-0.4, -0.2) is 35.8 Å². The summed E-state index contributed by atoms with van der Waals surface area (Å²) in [6.45, 7) is 2.43. The number of carbonyl (C=O) groups is 1. The van der Waals surface area contributed by atoms with Crippen molar-refractivity contribution >= 4 is 38.9 Å². The van der Waals surface area contributed by atoms with E-state index in [4.69, 9.17) is 14.5 Å². The molecule has 1 N–H and O–H groups in total. The zero-order valence-electron chi connectivity index (χ0n) is 15.6. The second kappa shape index (κ2) is 7.77. The molecule has 1 aromatic heterocycles. The average Bonchev–Trinajstić information content (AvgIpc) is 3.04. The van der Waals surface area contributed by atoms with Gasteiger partial charge in [0, 0.05) is 17.3 Å². The van der Waals surface area contributed by atoms with E-state index in [1.807, 2.05) is 55.5 Å². The van der Waals surface area contributed by atoms with Crippen LogP contribution in [0.1, 0.15) is 18.5 Å². The Labute approximate surface area is 171 Å². The van der Waals surface area contributed by atoms with Crippen molar-refractivity contribution in [3.63, 3.8) is 0 Å². The number of aromatic nitrogens is 2. The Morgan fingerprint density at radius 3 is 2.82 bits per heavy atom. The van der Waals surface area contributed by atoms with Crippen LogP contribution in [0.15, 0.2) is 64.3 Å². The first-order valence-electron chi connectivity index (χ1n) is 8.96. The highest BCUT2D eigenvalue weighted by molar-refractivity contribution is 9.10. The van der Waals surface area contributed by atoms with Crippen molar-refractivity contribution < 1.29 is 14.3 Å². The van der Waals surface area contributed by atoms with Crippen molar-refractivity contribution in [1.82, 2.24) is 9.55 Å². The Bertz CT molecular complexity index is 1070. The molecule has 0 saturated heterocycles. The van der Waals surface area contributed by atoms with Gasteiger partial charge in [-0.2, -0.15) is 0 Å². The van der Waals surface area contributed by atoms with Crippen LogP contribution in [0.5, 0.6) is 0 Å². The smallest absolute Gasteiger partial charge is 0.338 e. The number of methoxy groups -OCH3 is 1. The minimum absolute atomic E-state index is 0.203. The normalized spacial score (nSPS) is 16.0. The van der Waals surface area contributed by atoms with Crippen LogP contribution in [0.25, 0.3) is 11.0 Å². The molecule has 0 radical (unpaired) electrons. The van der Waals surface area contributed by atoms with Gasteiger partial charge >= 0.3 is 5.97 Å². The Kier molecular flexibility index (Phi) is 5.19. The molecule has 28 heavy (non-hydrogen) atoms. The summed E-state index contributed by atoms with van der Waals surface area (Å²) in [5, 5.41) is 3.27. The fourth-order valence-electron chi connectivity index (χ4n) is 3.52. The van der Waals surface area contributed by atoms with Crippen LogP contribution in [0.2, 0.25) is 0 Å². The van der Waals surface area contributed by atoms with E-state index < -0.39 is 0 Å². The maximum atomic E-state index is 13.0. The molecule has 0 aliphatic carbocycles. The van der Waals surface area contributed by atoms with Gasteiger partial charge in [-0.15, -0.1) is 0 Å². The Morgan fingerprint density at radius 2 is 2.04 bits per heavy atom. The summed E-state index contributed by atoms with van der Waals surface area (Å²) in [4.78, 5) is 17.7. The van der Waals surface area contributed by atoms with Crippen LogP contribution in [0.4, 0.5) is 5.95 Å². The molecule has 1 aliphatic heterocycles. The van der Waals surface area contributed by atoms with Crippen LogP contribution in [0.3, 0.4) is 0 Å². The quantitative estimate of drug-likeness (QED) is 0.472. The summed E-state index contributed by atoms with van der Waals surface area (Å²) in [6, 6.07) is 15.5. The lowest BCUT2D eigenvalue weighted by Gasteiger charge is -2.30. The standard InChI is InChI=1S/C21H20BrN3O3/c1-13-18(20(26)28-11-10-27-2)19(14-6-5-7-15(22)12-14)25-17-9-4-3-8-16(17)24-21(25)23-13/h3-9,12,19H,10-11H2,1-2H3,(H,23,24)/t19-/m1/s1. The van der Waals surface area contributed by atoms with E-state index in [1.54, 1.807) is 7.11 Å². The Morgan fingerprint density at radius 1 is 1.21 bits per heavy atom. The van der Waals surface area contributed by atoms with Crippen molar-refractivity contribution in [2.24, 2.45) is 0 Å². The minimum Gasteiger partial charge on any atom is -0.460 e. The predicted molar refractivity (Wildman–Crippen MR) is 111 cm³/mol. The molecule has 2 heterocycles. The molecular formula is C21H20BrN3O3. The van der Waals surface area contributed by atoms with Crippen molar-refractivity contribution in [1.29, 1.82) is 0 Å². The number of ether oxygens (including phenoxy) is 2. The lowest BCUT2D eigenvalue weighted by Crippen LogP contribution is -2.29. The number of anilines is 1. The molecule has 0 unspecified atom stereocenters. The zero-order valence-corrected chi connectivity index (χ0v) is 17.2. The summed E-state index contributed by atoms with van der Waals surface area (Å²) in [6.07, 6.45) is 0. The Hall–Kier alpha value is -2.64. The van der Waals surface area contributed by atoms with Gasteiger partial charge in [-0.3, -0.25) is 4.57 Å². The van der Waals surface area contributed by atoms with E-state index in [0.29, 0.717) is 18.1 Å². The third kappa shape index (κ3) is 3.31. The number of hydrogen-bond donors (Lipinski definition) is 1. The zero-order chi connectivity index (χ0) is 19.7. The molecule has 0 bridgehead atoms. The molecule has 1 atom stereocenters. The van der Waals surface area contributed by atoms with Crippen molar-refractivity contribution in [2.75, 3.05) is 25.6 Å². The fourth-order valence-corrected chi connectivity index (χ4v) is 3.93. The second-order valence-corrected chi connectivity index (χ2v) is 7.46. The van der Waals surface area contributed by atoms with Crippen LogP contribution >= 0.6 is 15.9 Å². The average molecular weight is 442 g/mol. The van der Waals surface area contributed by atoms with Crippen LogP contribution in [-0.2, 0) is 14.3 Å². The number of rotatable bonds is 5. The van der Waals surface area contributed by atoms with Gasteiger partial charge < -0.3 is 14.8 Å². The van der Waals surface area contributed by atoms with Crippen LogP contribution < -0.4 is 5.32 Å². The number of nitrogens with one attached hydrogen (secondary N) is 1. The van der Waals surface area contributed by atoms with E-state index >= 15 is 0 Å². The van der Waals surface area contributed by atoms with Crippen molar-refractivity contribution in [2.45, 2.75) is 13.0 Å². The largest absolute Gasteiger partial charge is 0.460 e. The molecule has 6 nitrogen and oxygen atoms in total. The molecule has 4 rings (SSSR count). The van der Waals surface area contributed by atoms with E-state index in [1.165, 1.54) is 0 Å². The van der Waals surface area contributed by atoms with Gasteiger partial charge in [0.25, 0.3) is 0 Å². The monoisotopic (exact) mass is 441 g/mol. The van der Waals surface area contributed by atoms with E-state index in [-0.39, 0.29) is 18.6 Å². The molecule has 0 spiro atoms. The number of carbonyl (C=O) groups excluding carboxylic acids is 1. The summed E-state index contributed by atoms with van der Waals surface area (Å²) in [5.74, 6) is 0.340. The molecule has 3 aromatic rings. The molecule has 2 aromatic carbocycles. The summed E-state index contributed by atoms with van der Waals surface area (Å²) in [5.41, 5.74) is 4.08. The number of benzene rings is 2. The third-order valence-electron chi connectivity index (χ3n) is 4.74. The first-order valence-corrected chi connectivity index (χ1v) is 9.75. The molecule has 0 saturated carbocycles. The summed E-state index contributed by atoms with van der Waals surface area (Å²) < 4.78 is 13.5. The number of hydrogen-bond acceptors (Lipinski definition) is 5. The van der Waals surface area contributed by atoms with Gasteiger partial charge in [-0.25, -0.2) is 9.78 Å². The van der Waals surface area contributed by atoms with Gasteiger partial charge in [0.05, 0.1) is 29.3 Å². The van der Waals surface area contributed by atoms with Crippen molar-refractivity contribution in [3.05, 3.63) is 69.8 Å². The van der Waals surface area contributed by atoms with Gasteiger partial charge in [0.1, 0.15) is 6.61 Å².